The average molecular weight is 304 g/mol. The number of anilines is 1. The van der Waals surface area contributed by atoms with Crippen molar-refractivity contribution in [3.63, 3.8) is 0 Å². The number of amides is 2. The Morgan fingerprint density at radius 3 is 2.77 bits per heavy atom. The molecule has 118 valence electrons. The number of hydrogen-bond donors (Lipinski definition) is 1. The standard InChI is InChI=1S/C17H21FN2O2/c1-2-20(12-5-3-4-6-12)17(22)14-10-16(21)19-15-9-11(18)7-8-13(14)15/h7-9,12,14H,2-6,10H2,1H3,(H,19,21). The van der Waals surface area contributed by atoms with Crippen molar-refractivity contribution in [3.8, 4) is 0 Å². The van der Waals surface area contributed by atoms with Crippen molar-refractivity contribution in [2.45, 2.75) is 51.0 Å². The second-order valence-electron chi connectivity index (χ2n) is 6.10. The van der Waals surface area contributed by atoms with E-state index in [1.165, 1.54) is 12.1 Å². The summed E-state index contributed by atoms with van der Waals surface area (Å²) in [5.74, 6) is -1.13. The third kappa shape index (κ3) is 2.72. The molecular formula is C17H21FN2O2. The molecule has 1 heterocycles. The zero-order chi connectivity index (χ0) is 15.7. The summed E-state index contributed by atoms with van der Waals surface area (Å²) in [6, 6.07) is 4.54. The topological polar surface area (TPSA) is 49.4 Å². The zero-order valence-electron chi connectivity index (χ0n) is 12.8. The molecule has 1 aromatic carbocycles. The number of benzene rings is 1. The molecule has 1 fully saturated rings. The lowest BCUT2D eigenvalue weighted by Crippen LogP contribution is -2.43. The summed E-state index contributed by atoms with van der Waals surface area (Å²) >= 11 is 0. The number of nitrogens with one attached hydrogen (secondary N) is 1. The molecule has 22 heavy (non-hydrogen) atoms. The highest BCUT2D eigenvalue weighted by Gasteiger charge is 2.36. The van der Waals surface area contributed by atoms with Gasteiger partial charge in [-0.25, -0.2) is 4.39 Å². The predicted octanol–water partition coefficient (Wildman–Crippen LogP) is 3.04. The second-order valence-corrected chi connectivity index (χ2v) is 6.10. The first-order valence-corrected chi connectivity index (χ1v) is 8.00. The number of carbonyl (C=O) groups is 2. The molecule has 0 saturated heterocycles. The van der Waals surface area contributed by atoms with Crippen molar-refractivity contribution < 1.29 is 14.0 Å². The number of rotatable bonds is 3. The van der Waals surface area contributed by atoms with E-state index < -0.39 is 11.7 Å². The van der Waals surface area contributed by atoms with E-state index in [9.17, 15) is 14.0 Å². The van der Waals surface area contributed by atoms with E-state index >= 15 is 0 Å². The molecule has 1 N–H and O–H groups in total. The Bertz CT molecular complexity index is 596. The van der Waals surface area contributed by atoms with Crippen LogP contribution < -0.4 is 5.32 Å². The lowest BCUT2D eigenvalue weighted by molar-refractivity contribution is -0.136. The molecule has 0 spiro atoms. The molecule has 0 bridgehead atoms. The Kier molecular flexibility index (Phi) is 4.14. The number of likely N-dealkylation sites (N-methyl/N-ethyl adjacent to an activating group) is 1. The Balaban J connectivity index is 1.90. The molecule has 2 aliphatic rings. The van der Waals surface area contributed by atoms with Crippen molar-refractivity contribution in [1.29, 1.82) is 0 Å². The van der Waals surface area contributed by atoms with Gasteiger partial charge in [-0.3, -0.25) is 9.59 Å². The van der Waals surface area contributed by atoms with Gasteiger partial charge in [0.05, 0.1) is 5.92 Å². The Labute approximate surface area is 129 Å². The largest absolute Gasteiger partial charge is 0.339 e. The van der Waals surface area contributed by atoms with Gasteiger partial charge in [-0.2, -0.15) is 0 Å². The van der Waals surface area contributed by atoms with Crippen LogP contribution >= 0.6 is 0 Å². The highest BCUT2D eigenvalue weighted by Crippen LogP contribution is 2.35. The van der Waals surface area contributed by atoms with Gasteiger partial charge in [0.2, 0.25) is 11.8 Å². The quantitative estimate of drug-likeness (QED) is 0.933. The third-order valence-electron chi connectivity index (χ3n) is 4.74. The second kappa shape index (κ2) is 6.07. The number of carbonyl (C=O) groups excluding carboxylic acids is 2. The Morgan fingerprint density at radius 2 is 2.09 bits per heavy atom. The van der Waals surface area contributed by atoms with Crippen LogP contribution in [0.1, 0.15) is 50.5 Å². The van der Waals surface area contributed by atoms with Crippen LogP contribution in [-0.4, -0.2) is 29.3 Å². The number of halogens is 1. The number of nitrogens with zero attached hydrogens (tertiary/aromatic N) is 1. The molecule has 1 unspecified atom stereocenters. The summed E-state index contributed by atoms with van der Waals surface area (Å²) in [7, 11) is 0. The molecule has 1 aliphatic carbocycles. The first kappa shape index (κ1) is 15.0. The Hall–Kier alpha value is -1.91. The van der Waals surface area contributed by atoms with Gasteiger partial charge in [0.1, 0.15) is 5.82 Å². The van der Waals surface area contributed by atoms with Gasteiger partial charge in [0, 0.05) is 24.7 Å². The van der Waals surface area contributed by atoms with Crippen molar-refractivity contribution in [2.75, 3.05) is 11.9 Å². The van der Waals surface area contributed by atoms with Gasteiger partial charge in [-0.05, 0) is 37.5 Å². The fourth-order valence-electron chi connectivity index (χ4n) is 3.67. The highest BCUT2D eigenvalue weighted by atomic mass is 19.1. The Morgan fingerprint density at radius 1 is 1.36 bits per heavy atom. The minimum absolute atomic E-state index is 0.00268. The lowest BCUT2D eigenvalue weighted by atomic mass is 9.88. The third-order valence-corrected chi connectivity index (χ3v) is 4.74. The maximum Gasteiger partial charge on any atom is 0.230 e. The predicted molar refractivity (Wildman–Crippen MR) is 82.0 cm³/mol. The number of fused-ring (bicyclic) bond motifs is 1. The van der Waals surface area contributed by atoms with Crippen LogP contribution in [0.2, 0.25) is 0 Å². The van der Waals surface area contributed by atoms with Crippen molar-refractivity contribution in [2.24, 2.45) is 0 Å². The van der Waals surface area contributed by atoms with E-state index in [0.717, 1.165) is 31.2 Å². The maximum atomic E-state index is 13.4. The summed E-state index contributed by atoms with van der Waals surface area (Å²) in [5, 5.41) is 2.66. The fourth-order valence-corrected chi connectivity index (χ4v) is 3.67. The van der Waals surface area contributed by atoms with Gasteiger partial charge >= 0.3 is 0 Å². The normalized spacial score (nSPS) is 21.4. The molecule has 1 aromatic rings. The van der Waals surface area contributed by atoms with Crippen LogP contribution in [0.5, 0.6) is 0 Å². The first-order chi connectivity index (χ1) is 10.6. The van der Waals surface area contributed by atoms with Gasteiger partial charge in [0.25, 0.3) is 0 Å². The first-order valence-electron chi connectivity index (χ1n) is 8.00. The van der Waals surface area contributed by atoms with E-state index in [1.54, 1.807) is 6.07 Å². The monoisotopic (exact) mass is 304 g/mol. The minimum Gasteiger partial charge on any atom is -0.339 e. The van der Waals surface area contributed by atoms with Gasteiger partial charge in [-0.15, -0.1) is 0 Å². The highest BCUT2D eigenvalue weighted by molar-refractivity contribution is 6.01. The molecule has 1 saturated carbocycles. The van der Waals surface area contributed by atoms with Crippen LogP contribution in [0.4, 0.5) is 10.1 Å². The zero-order valence-corrected chi connectivity index (χ0v) is 12.8. The van der Waals surface area contributed by atoms with E-state index in [-0.39, 0.29) is 24.3 Å². The molecule has 0 radical (unpaired) electrons. The van der Waals surface area contributed by atoms with E-state index in [1.807, 2.05) is 11.8 Å². The molecule has 2 amide bonds. The summed E-state index contributed by atoms with van der Waals surface area (Å²) in [4.78, 5) is 26.7. The molecule has 4 nitrogen and oxygen atoms in total. The van der Waals surface area contributed by atoms with E-state index in [4.69, 9.17) is 0 Å². The van der Waals surface area contributed by atoms with Crippen LogP contribution in [-0.2, 0) is 9.59 Å². The van der Waals surface area contributed by atoms with E-state index in [0.29, 0.717) is 12.2 Å². The van der Waals surface area contributed by atoms with Gasteiger partial charge in [0.15, 0.2) is 0 Å². The smallest absolute Gasteiger partial charge is 0.230 e. The molecule has 1 aliphatic heterocycles. The average Bonchev–Trinajstić information content (AvgIpc) is 3.00. The van der Waals surface area contributed by atoms with Crippen molar-refractivity contribution >= 4 is 17.5 Å². The van der Waals surface area contributed by atoms with Crippen LogP contribution in [0.25, 0.3) is 0 Å². The number of hydrogen-bond acceptors (Lipinski definition) is 2. The molecular weight excluding hydrogens is 283 g/mol. The summed E-state index contributed by atoms with van der Waals surface area (Å²) in [6.45, 7) is 2.63. The lowest BCUT2D eigenvalue weighted by Gasteiger charge is -2.33. The SMILES string of the molecule is CCN(C(=O)C1CC(=O)Nc2cc(F)ccc21)C1CCCC1. The van der Waals surface area contributed by atoms with Gasteiger partial charge < -0.3 is 10.2 Å². The van der Waals surface area contributed by atoms with Crippen molar-refractivity contribution in [3.05, 3.63) is 29.6 Å². The molecule has 0 aromatic heterocycles. The van der Waals surface area contributed by atoms with Crippen LogP contribution in [0.15, 0.2) is 18.2 Å². The molecule has 1 atom stereocenters. The summed E-state index contributed by atoms with van der Waals surface area (Å²) in [5.41, 5.74) is 1.15. The molecule has 5 heteroatoms. The van der Waals surface area contributed by atoms with E-state index in [2.05, 4.69) is 5.32 Å². The summed E-state index contributed by atoms with van der Waals surface area (Å²) in [6.07, 6.45) is 4.52. The fraction of sp³-hybridized carbons (Fsp3) is 0.529. The minimum atomic E-state index is -0.495. The van der Waals surface area contributed by atoms with Crippen molar-refractivity contribution in [1.82, 2.24) is 4.90 Å². The molecule has 3 rings (SSSR count). The van der Waals surface area contributed by atoms with Crippen LogP contribution in [0, 0.1) is 5.82 Å². The summed E-state index contributed by atoms with van der Waals surface area (Å²) < 4.78 is 13.4. The van der Waals surface area contributed by atoms with Crippen LogP contribution in [0.3, 0.4) is 0 Å². The van der Waals surface area contributed by atoms with Gasteiger partial charge in [-0.1, -0.05) is 18.9 Å². The maximum absolute atomic E-state index is 13.4.